The Bertz CT molecular complexity index is 885. The molecule has 2 heterocycles. The standard InChI is InChI=1S/C21H23NO6/c1-12-18(21(24)26-9-8-25-2)19(20-14(22-12)4-3-5-15(20)23)13-6-7-16-17(10-13)28-11-27-16/h6-7,10,19,22H,3-5,8-9,11H2,1-2H3/t19-/m1/s1. The molecule has 0 spiro atoms. The fraction of sp³-hybridized carbons (Fsp3) is 0.429. The lowest BCUT2D eigenvalue weighted by Gasteiger charge is -2.34. The van der Waals surface area contributed by atoms with E-state index in [-0.39, 0.29) is 19.2 Å². The molecule has 0 saturated carbocycles. The summed E-state index contributed by atoms with van der Waals surface area (Å²) in [6, 6.07) is 5.54. The molecule has 3 aliphatic rings. The number of rotatable bonds is 5. The average Bonchev–Trinajstić information content (AvgIpc) is 3.15. The number of carbonyl (C=O) groups excluding carboxylic acids is 2. The molecule has 0 bridgehead atoms. The van der Waals surface area contributed by atoms with E-state index in [1.54, 1.807) is 7.11 Å². The molecular weight excluding hydrogens is 362 g/mol. The first-order valence-corrected chi connectivity index (χ1v) is 9.39. The van der Waals surface area contributed by atoms with Crippen molar-refractivity contribution in [3.05, 3.63) is 46.3 Å². The van der Waals surface area contributed by atoms with Gasteiger partial charge in [-0.2, -0.15) is 0 Å². The van der Waals surface area contributed by atoms with E-state index in [1.165, 1.54) is 0 Å². The number of nitrogens with one attached hydrogen (secondary N) is 1. The molecule has 2 aliphatic heterocycles. The maximum atomic E-state index is 12.9. The van der Waals surface area contributed by atoms with E-state index in [4.69, 9.17) is 18.9 Å². The minimum atomic E-state index is -0.492. The minimum absolute atomic E-state index is 0.0612. The van der Waals surface area contributed by atoms with Crippen LogP contribution >= 0.6 is 0 Å². The SMILES string of the molecule is COCCOC(=O)C1=C(C)NC2=C(C(=O)CCC2)[C@@H]1c1ccc2c(c1)OCO2. The van der Waals surface area contributed by atoms with Crippen molar-refractivity contribution in [2.24, 2.45) is 0 Å². The van der Waals surface area contributed by atoms with Crippen molar-refractivity contribution >= 4 is 11.8 Å². The molecule has 1 atom stereocenters. The Hall–Kier alpha value is -2.80. The van der Waals surface area contributed by atoms with E-state index in [0.29, 0.717) is 41.4 Å². The van der Waals surface area contributed by atoms with Crippen LogP contribution in [0.1, 0.15) is 37.7 Å². The molecule has 4 rings (SSSR count). The third kappa shape index (κ3) is 3.26. The Morgan fingerprint density at radius 3 is 2.86 bits per heavy atom. The van der Waals surface area contributed by atoms with E-state index in [2.05, 4.69) is 5.32 Å². The van der Waals surface area contributed by atoms with Crippen LogP contribution < -0.4 is 14.8 Å². The van der Waals surface area contributed by atoms with E-state index < -0.39 is 11.9 Å². The zero-order valence-corrected chi connectivity index (χ0v) is 16.0. The monoisotopic (exact) mass is 385 g/mol. The zero-order chi connectivity index (χ0) is 19.7. The lowest BCUT2D eigenvalue weighted by Crippen LogP contribution is -2.34. The molecule has 7 nitrogen and oxygen atoms in total. The first-order valence-electron chi connectivity index (χ1n) is 9.39. The van der Waals surface area contributed by atoms with E-state index in [9.17, 15) is 9.59 Å². The van der Waals surface area contributed by atoms with Gasteiger partial charge in [0.1, 0.15) is 6.61 Å². The molecular formula is C21H23NO6. The summed E-state index contributed by atoms with van der Waals surface area (Å²) in [5.74, 6) is 0.396. The first kappa shape index (κ1) is 18.6. The highest BCUT2D eigenvalue weighted by Gasteiger charge is 2.39. The van der Waals surface area contributed by atoms with Gasteiger partial charge in [0.05, 0.1) is 12.2 Å². The molecule has 0 fully saturated rings. The number of dihydropyridines is 1. The molecule has 28 heavy (non-hydrogen) atoms. The van der Waals surface area contributed by atoms with Crippen molar-refractivity contribution in [3.8, 4) is 11.5 Å². The Balaban J connectivity index is 1.77. The van der Waals surface area contributed by atoms with Crippen molar-refractivity contribution in [2.45, 2.75) is 32.1 Å². The van der Waals surface area contributed by atoms with Crippen LogP contribution in [0.25, 0.3) is 0 Å². The molecule has 0 aromatic heterocycles. The summed E-state index contributed by atoms with van der Waals surface area (Å²) in [7, 11) is 1.55. The predicted octanol–water partition coefficient (Wildman–Crippen LogP) is 2.57. The molecule has 0 saturated heterocycles. The fourth-order valence-corrected chi connectivity index (χ4v) is 3.98. The molecule has 148 valence electrons. The van der Waals surface area contributed by atoms with Gasteiger partial charge in [0.15, 0.2) is 17.3 Å². The maximum absolute atomic E-state index is 12.9. The number of hydrogen-bond acceptors (Lipinski definition) is 7. The summed E-state index contributed by atoms with van der Waals surface area (Å²) in [6.07, 6.45) is 2.07. The van der Waals surface area contributed by atoms with Gasteiger partial charge in [-0.1, -0.05) is 6.07 Å². The number of carbonyl (C=O) groups is 2. The van der Waals surface area contributed by atoms with Gasteiger partial charge < -0.3 is 24.3 Å². The molecule has 0 unspecified atom stereocenters. The minimum Gasteiger partial charge on any atom is -0.460 e. The number of allylic oxidation sites excluding steroid dienone is 3. The van der Waals surface area contributed by atoms with Gasteiger partial charge in [-0.25, -0.2) is 4.79 Å². The zero-order valence-electron chi connectivity index (χ0n) is 16.0. The predicted molar refractivity (Wildman–Crippen MR) is 99.9 cm³/mol. The lowest BCUT2D eigenvalue weighted by molar-refractivity contribution is -0.140. The number of Topliss-reactive ketones (excluding diaryl/α,β-unsaturated/α-hetero) is 1. The Labute approximate surface area is 163 Å². The average molecular weight is 385 g/mol. The van der Waals surface area contributed by atoms with Crippen molar-refractivity contribution in [2.75, 3.05) is 27.1 Å². The second kappa shape index (κ2) is 7.67. The lowest BCUT2D eigenvalue weighted by atomic mass is 9.75. The number of hydrogen-bond donors (Lipinski definition) is 1. The number of benzene rings is 1. The summed E-state index contributed by atoms with van der Waals surface area (Å²) in [4.78, 5) is 25.7. The summed E-state index contributed by atoms with van der Waals surface area (Å²) < 4.78 is 21.3. The normalized spacial score (nSPS) is 20.8. The second-order valence-electron chi connectivity index (χ2n) is 7.01. The number of fused-ring (bicyclic) bond motifs is 1. The van der Waals surface area contributed by atoms with Crippen molar-refractivity contribution < 1.29 is 28.5 Å². The molecule has 1 aliphatic carbocycles. The Morgan fingerprint density at radius 2 is 2.04 bits per heavy atom. The largest absolute Gasteiger partial charge is 0.460 e. The van der Waals surface area contributed by atoms with Crippen LogP contribution in [0.3, 0.4) is 0 Å². The van der Waals surface area contributed by atoms with Gasteiger partial charge >= 0.3 is 5.97 Å². The third-order valence-corrected chi connectivity index (χ3v) is 5.25. The van der Waals surface area contributed by atoms with Gasteiger partial charge in [0, 0.05) is 36.4 Å². The second-order valence-corrected chi connectivity index (χ2v) is 7.01. The number of methoxy groups -OCH3 is 1. The summed E-state index contributed by atoms with van der Waals surface area (Å²) >= 11 is 0. The van der Waals surface area contributed by atoms with Gasteiger partial charge in [-0.3, -0.25) is 4.79 Å². The molecule has 0 amide bonds. The van der Waals surface area contributed by atoms with Crippen LogP contribution in [0.5, 0.6) is 11.5 Å². The third-order valence-electron chi connectivity index (χ3n) is 5.25. The van der Waals surface area contributed by atoms with Crippen LogP contribution in [0, 0.1) is 0 Å². The van der Waals surface area contributed by atoms with Crippen molar-refractivity contribution in [3.63, 3.8) is 0 Å². The van der Waals surface area contributed by atoms with E-state index >= 15 is 0 Å². The number of ether oxygens (including phenoxy) is 4. The maximum Gasteiger partial charge on any atom is 0.336 e. The van der Waals surface area contributed by atoms with Crippen LogP contribution in [0.2, 0.25) is 0 Å². The highest BCUT2D eigenvalue weighted by atomic mass is 16.7. The first-order chi connectivity index (χ1) is 13.6. The number of ketones is 1. The van der Waals surface area contributed by atoms with E-state index in [0.717, 1.165) is 24.1 Å². The van der Waals surface area contributed by atoms with Gasteiger partial charge in [0.25, 0.3) is 0 Å². The van der Waals surface area contributed by atoms with E-state index in [1.807, 2.05) is 25.1 Å². The molecule has 1 aromatic rings. The quantitative estimate of drug-likeness (QED) is 0.616. The Morgan fingerprint density at radius 1 is 1.21 bits per heavy atom. The summed E-state index contributed by atoms with van der Waals surface area (Å²) in [5, 5.41) is 3.27. The van der Waals surface area contributed by atoms with Gasteiger partial charge in [0.2, 0.25) is 6.79 Å². The molecule has 0 radical (unpaired) electrons. The van der Waals surface area contributed by atoms with Crippen LogP contribution in [0.4, 0.5) is 0 Å². The molecule has 1 N–H and O–H groups in total. The highest BCUT2D eigenvalue weighted by molar-refractivity contribution is 6.03. The Kier molecular flexibility index (Phi) is 5.09. The fourth-order valence-electron chi connectivity index (χ4n) is 3.98. The summed E-state index contributed by atoms with van der Waals surface area (Å²) in [6.45, 7) is 2.47. The van der Waals surface area contributed by atoms with Gasteiger partial charge in [-0.05, 0) is 37.5 Å². The van der Waals surface area contributed by atoms with Crippen LogP contribution in [-0.2, 0) is 19.1 Å². The summed E-state index contributed by atoms with van der Waals surface area (Å²) in [5.41, 5.74) is 3.51. The molecule has 1 aromatic carbocycles. The molecule has 7 heteroatoms. The highest BCUT2D eigenvalue weighted by Crippen LogP contribution is 2.45. The number of esters is 1. The smallest absolute Gasteiger partial charge is 0.336 e. The van der Waals surface area contributed by atoms with Crippen molar-refractivity contribution in [1.82, 2.24) is 5.32 Å². The van der Waals surface area contributed by atoms with Gasteiger partial charge in [-0.15, -0.1) is 0 Å². The van der Waals surface area contributed by atoms with Crippen molar-refractivity contribution in [1.29, 1.82) is 0 Å². The van der Waals surface area contributed by atoms with Crippen LogP contribution in [0.15, 0.2) is 40.7 Å². The topological polar surface area (TPSA) is 83.1 Å². The van der Waals surface area contributed by atoms with Crippen LogP contribution in [-0.4, -0.2) is 38.9 Å².